The Hall–Kier alpha value is -2.17. The minimum atomic E-state index is -0.337. The molecule has 2 aromatic rings. The molecule has 0 saturated heterocycles. The van der Waals surface area contributed by atoms with Crippen LogP contribution in [-0.2, 0) is 7.05 Å². The number of aryl methyl sites for hydroxylation is 1. The van der Waals surface area contributed by atoms with Gasteiger partial charge in [0.25, 0.3) is 5.91 Å². The summed E-state index contributed by atoms with van der Waals surface area (Å²) in [5.41, 5.74) is 0.865. The van der Waals surface area contributed by atoms with Gasteiger partial charge in [0.1, 0.15) is 5.82 Å². The minimum Gasteiger partial charge on any atom is -0.321 e. The summed E-state index contributed by atoms with van der Waals surface area (Å²) in [5.74, 6) is -0.650. The maximum Gasteiger partial charge on any atom is 0.276 e. The van der Waals surface area contributed by atoms with E-state index in [-0.39, 0.29) is 11.7 Å². The summed E-state index contributed by atoms with van der Waals surface area (Å²) < 4.78 is 14.2. The third-order valence-corrected chi connectivity index (χ3v) is 2.05. The van der Waals surface area contributed by atoms with Gasteiger partial charge in [0.15, 0.2) is 5.69 Å². The number of hydrogen-bond acceptors (Lipinski definition) is 2. The molecule has 0 unspecified atom stereocenters. The van der Waals surface area contributed by atoms with Crippen molar-refractivity contribution in [1.82, 2.24) is 9.78 Å². The fourth-order valence-electron chi connectivity index (χ4n) is 1.26. The zero-order valence-electron chi connectivity index (χ0n) is 8.64. The highest BCUT2D eigenvalue weighted by atomic mass is 19.1. The van der Waals surface area contributed by atoms with Crippen molar-refractivity contribution in [2.75, 3.05) is 5.32 Å². The highest BCUT2D eigenvalue weighted by Crippen LogP contribution is 2.09. The van der Waals surface area contributed by atoms with Crippen molar-refractivity contribution >= 4 is 11.6 Å². The van der Waals surface area contributed by atoms with E-state index in [4.69, 9.17) is 0 Å². The maximum atomic E-state index is 12.6. The normalized spacial score (nSPS) is 10.1. The van der Waals surface area contributed by atoms with Gasteiger partial charge in [-0.25, -0.2) is 4.39 Å². The first-order chi connectivity index (χ1) is 7.65. The van der Waals surface area contributed by atoms with Crippen LogP contribution in [0.1, 0.15) is 10.5 Å². The molecular weight excluding hydrogens is 209 g/mol. The highest BCUT2D eigenvalue weighted by molar-refractivity contribution is 6.02. The molecule has 0 aliphatic rings. The van der Waals surface area contributed by atoms with E-state index < -0.39 is 0 Å². The lowest BCUT2D eigenvalue weighted by Crippen LogP contribution is -2.12. The van der Waals surface area contributed by atoms with Crippen LogP contribution in [0, 0.1) is 5.82 Å². The number of anilines is 1. The summed E-state index contributed by atoms with van der Waals surface area (Å²) in [4.78, 5) is 11.6. The molecule has 1 aromatic carbocycles. The van der Waals surface area contributed by atoms with Crippen molar-refractivity contribution in [3.05, 3.63) is 48.0 Å². The lowest BCUT2D eigenvalue weighted by molar-refractivity contribution is 0.102. The Morgan fingerprint density at radius 1 is 1.31 bits per heavy atom. The van der Waals surface area contributed by atoms with Crippen LogP contribution in [0.4, 0.5) is 10.1 Å². The topological polar surface area (TPSA) is 46.9 Å². The van der Waals surface area contributed by atoms with Crippen molar-refractivity contribution in [2.45, 2.75) is 0 Å². The second-order valence-corrected chi connectivity index (χ2v) is 3.34. The zero-order valence-corrected chi connectivity index (χ0v) is 8.64. The number of rotatable bonds is 2. The standard InChI is InChI=1S/C11H10FN3O/c1-15-7-6-10(14-15)11(16)13-9-4-2-8(12)3-5-9/h2-7H,1H3,(H,13,16). The molecule has 0 radical (unpaired) electrons. The summed E-state index contributed by atoms with van der Waals surface area (Å²) in [6.07, 6.45) is 1.68. The van der Waals surface area contributed by atoms with Gasteiger partial charge in [0.05, 0.1) is 0 Å². The number of carbonyl (C=O) groups is 1. The highest BCUT2D eigenvalue weighted by Gasteiger charge is 2.08. The maximum absolute atomic E-state index is 12.6. The lowest BCUT2D eigenvalue weighted by atomic mass is 10.3. The van der Waals surface area contributed by atoms with Crippen LogP contribution in [-0.4, -0.2) is 15.7 Å². The molecule has 0 fully saturated rings. The molecule has 1 N–H and O–H groups in total. The first kappa shape index (κ1) is 10.4. The summed E-state index contributed by atoms with van der Waals surface area (Å²) in [5, 5.41) is 6.57. The number of hydrogen-bond donors (Lipinski definition) is 1. The second kappa shape index (κ2) is 4.14. The average molecular weight is 219 g/mol. The predicted molar refractivity (Wildman–Crippen MR) is 57.6 cm³/mol. The third-order valence-electron chi connectivity index (χ3n) is 2.05. The Morgan fingerprint density at radius 2 is 2.00 bits per heavy atom. The molecule has 0 spiro atoms. The Balaban J connectivity index is 2.10. The van der Waals surface area contributed by atoms with E-state index in [1.165, 1.54) is 24.3 Å². The molecule has 0 aliphatic carbocycles. The Labute approximate surface area is 91.7 Å². The summed E-state index contributed by atoms with van der Waals surface area (Å²) in [6.45, 7) is 0. The van der Waals surface area contributed by atoms with Crippen LogP contribution in [0.15, 0.2) is 36.5 Å². The molecule has 0 atom stereocenters. The Bertz CT molecular complexity index is 504. The van der Waals surface area contributed by atoms with Gasteiger partial charge in [-0.2, -0.15) is 5.10 Å². The van der Waals surface area contributed by atoms with E-state index in [2.05, 4.69) is 10.4 Å². The quantitative estimate of drug-likeness (QED) is 0.837. The van der Waals surface area contributed by atoms with Crippen molar-refractivity contribution < 1.29 is 9.18 Å². The first-order valence-corrected chi connectivity index (χ1v) is 4.72. The van der Waals surface area contributed by atoms with E-state index in [9.17, 15) is 9.18 Å². The van der Waals surface area contributed by atoms with Crippen molar-refractivity contribution in [2.24, 2.45) is 7.05 Å². The van der Waals surface area contributed by atoms with Gasteiger partial charge in [0, 0.05) is 18.9 Å². The average Bonchev–Trinajstić information content (AvgIpc) is 2.68. The first-order valence-electron chi connectivity index (χ1n) is 4.72. The van der Waals surface area contributed by atoms with Crippen LogP contribution in [0.25, 0.3) is 0 Å². The van der Waals surface area contributed by atoms with E-state index in [1.807, 2.05) is 0 Å². The van der Waals surface area contributed by atoms with Crippen molar-refractivity contribution in [3.8, 4) is 0 Å². The molecule has 1 aromatic heterocycles. The number of amides is 1. The molecule has 4 nitrogen and oxygen atoms in total. The zero-order chi connectivity index (χ0) is 11.5. The van der Waals surface area contributed by atoms with Gasteiger partial charge in [-0.05, 0) is 30.3 Å². The Morgan fingerprint density at radius 3 is 2.56 bits per heavy atom. The number of aromatic nitrogens is 2. The third kappa shape index (κ3) is 2.25. The molecule has 0 saturated carbocycles. The number of nitrogens with zero attached hydrogens (tertiary/aromatic N) is 2. The van der Waals surface area contributed by atoms with E-state index >= 15 is 0 Å². The van der Waals surface area contributed by atoms with Crippen LogP contribution < -0.4 is 5.32 Å². The molecule has 2 rings (SSSR count). The van der Waals surface area contributed by atoms with Gasteiger partial charge in [-0.15, -0.1) is 0 Å². The summed E-state index contributed by atoms with van der Waals surface area (Å²) in [7, 11) is 1.73. The van der Waals surface area contributed by atoms with Gasteiger partial charge in [-0.3, -0.25) is 9.48 Å². The second-order valence-electron chi connectivity index (χ2n) is 3.34. The molecule has 0 bridgehead atoms. The van der Waals surface area contributed by atoms with Crippen LogP contribution in [0.5, 0.6) is 0 Å². The van der Waals surface area contributed by atoms with Gasteiger partial charge < -0.3 is 5.32 Å². The van der Waals surface area contributed by atoms with E-state index in [1.54, 1.807) is 24.0 Å². The van der Waals surface area contributed by atoms with Crippen molar-refractivity contribution in [3.63, 3.8) is 0 Å². The molecule has 0 aliphatic heterocycles. The molecular formula is C11H10FN3O. The fourth-order valence-corrected chi connectivity index (χ4v) is 1.26. The van der Waals surface area contributed by atoms with Crippen LogP contribution >= 0.6 is 0 Å². The molecule has 5 heteroatoms. The number of benzene rings is 1. The Kier molecular flexibility index (Phi) is 2.68. The summed E-state index contributed by atoms with van der Waals surface area (Å²) >= 11 is 0. The minimum absolute atomic E-state index is 0.313. The molecule has 82 valence electrons. The molecule has 1 heterocycles. The number of carbonyl (C=O) groups excluding carboxylic acids is 1. The number of nitrogens with one attached hydrogen (secondary N) is 1. The van der Waals surface area contributed by atoms with E-state index in [0.29, 0.717) is 11.4 Å². The smallest absolute Gasteiger partial charge is 0.276 e. The van der Waals surface area contributed by atoms with Crippen LogP contribution in [0.3, 0.4) is 0 Å². The van der Waals surface area contributed by atoms with Crippen molar-refractivity contribution in [1.29, 1.82) is 0 Å². The van der Waals surface area contributed by atoms with Crippen LogP contribution in [0.2, 0.25) is 0 Å². The lowest BCUT2D eigenvalue weighted by Gasteiger charge is -2.02. The van der Waals surface area contributed by atoms with Gasteiger partial charge in [-0.1, -0.05) is 0 Å². The largest absolute Gasteiger partial charge is 0.321 e. The van der Waals surface area contributed by atoms with Gasteiger partial charge >= 0.3 is 0 Å². The molecule has 16 heavy (non-hydrogen) atoms. The number of halogens is 1. The fraction of sp³-hybridized carbons (Fsp3) is 0.0909. The predicted octanol–water partition coefficient (Wildman–Crippen LogP) is 1.81. The van der Waals surface area contributed by atoms with E-state index in [0.717, 1.165) is 0 Å². The summed E-state index contributed by atoms with van der Waals surface area (Å²) in [6, 6.07) is 7.17. The molecule has 1 amide bonds. The SMILES string of the molecule is Cn1ccc(C(=O)Nc2ccc(F)cc2)n1. The monoisotopic (exact) mass is 219 g/mol. The van der Waals surface area contributed by atoms with Gasteiger partial charge in [0.2, 0.25) is 0 Å².